The number of amides is 2. The van der Waals surface area contributed by atoms with Crippen molar-refractivity contribution in [1.29, 1.82) is 0 Å². The Morgan fingerprint density at radius 2 is 2.00 bits per heavy atom. The summed E-state index contributed by atoms with van der Waals surface area (Å²) in [6.07, 6.45) is 2.82. The van der Waals surface area contributed by atoms with Crippen molar-refractivity contribution in [3.8, 4) is 0 Å². The van der Waals surface area contributed by atoms with Gasteiger partial charge in [0.05, 0.1) is 12.0 Å². The lowest BCUT2D eigenvalue weighted by Crippen LogP contribution is -2.51. The average molecular weight is 375 g/mol. The maximum absolute atomic E-state index is 13.0. The third-order valence-electron chi connectivity index (χ3n) is 5.91. The van der Waals surface area contributed by atoms with Gasteiger partial charge >= 0.3 is 0 Å². The van der Waals surface area contributed by atoms with Crippen LogP contribution in [0.5, 0.6) is 0 Å². The van der Waals surface area contributed by atoms with E-state index in [1.165, 1.54) is 6.07 Å². The molecular weight excluding hydrogens is 346 g/mol. The number of carbonyl (C=O) groups excluding carboxylic acids is 2. The largest absolute Gasteiger partial charge is 0.383 e. The summed E-state index contributed by atoms with van der Waals surface area (Å²) in [5, 5.41) is 0. The number of rotatable bonds is 6. The van der Waals surface area contributed by atoms with Gasteiger partial charge in [-0.2, -0.15) is 0 Å². The molecule has 2 aliphatic rings. The standard InChI is InChI=1S/C20H29N3O4/c1-16-5-3-6-18(25)23(16)11-7-17(24)22-12-9-20(15-22)8-4-10-21(19(20)26)13-14-27-2/h3,5-6H,4,7-15H2,1-2H3/t20-/m0/s1. The molecule has 0 radical (unpaired) electrons. The lowest BCUT2D eigenvalue weighted by Gasteiger charge is -2.39. The Hall–Kier alpha value is -2.15. The number of aromatic nitrogens is 1. The highest BCUT2D eigenvalue weighted by atomic mass is 16.5. The molecule has 0 unspecified atom stereocenters. The highest BCUT2D eigenvalue weighted by molar-refractivity contribution is 5.86. The van der Waals surface area contributed by atoms with Crippen LogP contribution in [0.25, 0.3) is 0 Å². The van der Waals surface area contributed by atoms with E-state index in [1.54, 1.807) is 22.6 Å². The highest BCUT2D eigenvalue weighted by Crippen LogP contribution is 2.40. The summed E-state index contributed by atoms with van der Waals surface area (Å²) in [7, 11) is 1.64. The molecule has 2 saturated heterocycles. The van der Waals surface area contributed by atoms with Crippen LogP contribution in [0.2, 0.25) is 0 Å². The Morgan fingerprint density at radius 3 is 2.74 bits per heavy atom. The Bertz CT molecular complexity index is 760. The molecule has 0 aliphatic carbocycles. The van der Waals surface area contributed by atoms with E-state index in [4.69, 9.17) is 4.74 Å². The molecule has 1 atom stereocenters. The number of piperidine rings is 1. The lowest BCUT2D eigenvalue weighted by atomic mass is 9.78. The number of hydrogen-bond acceptors (Lipinski definition) is 4. The number of ether oxygens (including phenoxy) is 1. The minimum Gasteiger partial charge on any atom is -0.383 e. The van der Waals surface area contributed by atoms with Gasteiger partial charge in [-0.15, -0.1) is 0 Å². The van der Waals surface area contributed by atoms with Crippen molar-refractivity contribution in [2.45, 2.75) is 39.2 Å². The predicted molar refractivity (Wildman–Crippen MR) is 101 cm³/mol. The summed E-state index contributed by atoms with van der Waals surface area (Å²) in [5.74, 6) is 0.181. The van der Waals surface area contributed by atoms with Gasteiger partial charge in [-0.1, -0.05) is 6.07 Å². The maximum Gasteiger partial charge on any atom is 0.250 e. The van der Waals surface area contributed by atoms with Gasteiger partial charge in [0.2, 0.25) is 11.8 Å². The van der Waals surface area contributed by atoms with E-state index >= 15 is 0 Å². The number of methoxy groups -OCH3 is 1. The monoisotopic (exact) mass is 375 g/mol. The van der Waals surface area contributed by atoms with Gasteiger partial charge in [0.15, 0.2) is 0 Å². The van der Waals surface area contributed by atoms with Crippen LogP contribution in [0.4, 0.5) is 0 Å². The van der Waals surface area contributed by atoms with Crippen LogP contribution >= 0.6 is 0 Å². The molecular formula is C20H29N3O4. The third-order valence-corrected chi connectivity index (χ3v) is 5.91. The van der Waals surface area contributed by atoms with Gasteiger partial charge < -0.3 is 19.1 Å². The number of carbonyl (C=O) groups is 2. The Balaban J connectivity index is 1.60. The first-order valence-electron chi connectivity index (χ1n) is 9.69. The van der Waals surface area contributed by atoms with E-state index in [1.807, 2.05) is 17.9 Å². The summed E-state index contributed by atoms with van der Waals surface area (Å²) in [6, 6.07) is 5.11. The molecule has 2 amide bonds. The van der Waals surface area contributed by atoms with Crippen LogP contribution < -0.4 is 5.56 Å². The second kappa shape index (κ2) is 8.25. The van der Waals surface area contributed by atoms with Crippen LogP contribution in [-0.2, 0) is 20.9 Å². The summed E-state index contributed by atoms with van der Waals surface area (Å²) in [6.45, 7) is 5.28. The van der Waals surface area contributed by atoms with Crippen molar-refractivity contribution in [3.05, 3.63) is 34.2 Å². The van der Waals surface area contributed by atoms with Crippen LogP contribution in [-0.4, -0.2) is 66.1 Å². The molecule has 0 bridgehead atoms. The molecule has 27 heavy (non-hydrogen) atoms. The minimum atomic E-state index is -0.429. The Kier molecular flexibility index (Phi) is 5.99. The summed E-state index contributed by atoms with van der Waals surface area (Å²) < 4.78 is 6.74. The van der Waals surface area contributed by atoms with Crippen LogP contribution in [0, 0.1) is 12.3 Å². The number of nitrogens with zero attached hydrogens (tertiary/aromatic N) is 3. The van der Waals surface area contributed by atoms with Crippen molar-refractivity contribution >= 4 is 11.8 Å². The zero-order valence-electron chi connectivity index (χ0n) is 16.3. The van der Waals surface area contributed by atoms with E-state index in [0.29, 0.717) is 32.8 Å². The molecule has 1 spiro atoms. The van der Waals surface area contributed by atoms with Gasteiger partial charge in [-0.25, -0.2) is 0 Å². The first kappa shape index (κ1) is 19.6. The summed E-state index contributed by atoms with van der Waals surface area (Å²) in [5.41, 5.74) is 0.336. The molecule has 2 fully saturated rings. The molecule has 1 aromatic rings. The van der Waals surface area contributed by atoms with Crippen molar-refractivity contribution in [2.24, 2.45) is 5.41 Å². The third kappa shape index (κ3) is 4.08. The molecule has 0 N–H and O–H groups in total. The molecule has 7 heteroatoms. The Morgan fingerprint density at radius 1 is 1.19 bits per heavy atom. The van der Waals surface area contributed by atoms with E-state index in [0.717, 1.165) is 31.5 Å². The molecule has 0 saturated carbocycles. The normalized spacial score (nSPS) is 22.7. The first-order valence-corrected chi connectivity index (χ1v) is 9.69. The number of aryl methyl sites for hydroxylation is 1. The van der Waals surface area contributed by atoms with Crippen LogP contribution in [0.15, 0.2) is 23.0 Å². The van der Waals surface area contributed by atoms with Gasteiger partial charge in [0.1, 0.15) is 0 Å². The molecule has 3 rings (SSSR count). The van der Waals surface area contributed by atoms with E-state index < -0.39 is 5.41 Å². The first-order chi connectivity index (χ1) is 13.0. The molecule has 148 valence electrons. The van der Waals surface area contributed by atoms with Crippen molar-refractivity contribution in [1.82, 2.24) is 14.4 Å². The number of likely N-dealkylation sites (tertiary alicyclic amines) is 2. The topological polar surface area (TPSA) is 71.8 Å². The second-order valence-electron chi connectivity index (χ2n) is 7.64. The maximum atomic E-state index is 13.0. The summed E-state index contributed by atoms with van der Waals surface area (Å²) >= 11 is 0. The molecule has 3 heterocycles. The quantitative estimate of drug-likeness (QED) is 0.745. The van der Waals surface area contributed by atoms with Crippen molar-refractivity contribution in [2.75, 3.05) is 39.9 Å². The lowest BCUT2D eigenvalue weighted by molar-refractivity contribution is -0.146. The van der Waals surface area contributed by atoms with E-state index in [-0.39, 0.29) is 23.8 Å². The average Bonchev–Trinajstić information content (AvgIpc) is 3.08. The Labute approximate surface area is 159 Å². The second-order valence-corrected chi connectivity index (χ2v) is 7.64. The summed E-state index contributed by atoms with van der Waals surface area (Å²) in [4.78, 5) is 41.3. The van der Waals surface area contributed by atoms with Gasteiger partial charge in [-0.05, 0) is 32.3 Å². The fraction of sp³-hybridized carbons (Fsp3) is 0.650. The van der Waals surface area contributed by atoms with Gasteiger partial charge in [0, 0.05) is 58.0 Å². The predicted octanol–water partition coefficient (Wildman–Crippen LogP) is 1.03. The zero-order valence-corrected chi connectivity index (χ0v) is 16.3. The zero-order chi connectivity index (χ0) is 19.4. The van der Waals surface area contributed by atoms with Crippen LogP contribution in [0.1, 0.15) is 31.4 Å². The van der Waals surface area contributed by atoms with Crippen LogP contribution in [0.3, 0.4) is 0 Å². The smallest absolute Gasteiger partial charge is 0.250 e. The van der Waals surface area contributed by atoms with Gasteiger partial charge in [0.25, 0.3) is 5.56 Å². The SMILES string of the molecule is COCCN1CCC[C@@]2(CCN(C(=O)CCn3c(C)cccc3=O)C2)C1=O. The van der Waals surface area contributed by atoms with E-state index in [9.17, 15) is 14.4 Å². The number of hydrogen-bond donors (Lipinski definition) is 0. The molecule has 2 aliphatic heterocycles. The minimum absolute atomic E-state index is 0.0174. The number of pyridine rings is 1. The highest BCUT2D eigenvalue weighted by Gasteiger charge is 2.49. The van der Waals surface area contributed by atoms with Gasteiger partial charge in [-0.3, -0.25) is 14.4 Å². The fourth-order valence-electron chi connectivity index (χ4n) is 4.31. The molecule has 7 nitrogen and oxygen atoms in total. The van der Waals surface area contributed by atoms with E-state index in [2.05, 4.69) is 0 Å². The van der Waals surface area contributed by atoms with Crippen molar-refractivity contribution in [3.63, 3.8) is 0 Å². The molecule has 1 aromatic heterocycles. The molecule has 0 aromatic carbocycles. The fourth-order valence-corrected chi connectivity index (χ4v) is 4.31. The van der Waals surface area contributed by atoms with Crippen molar-refractivity contribution < 1.29 is 14.3 Å².